The lowest BCUT2D eigenvalue weighted by Crippen LogP contribution is -2.38. The molecule has 1 aliphatic rings. The van der Waals surface area contributed by atoms with Crippen molar-refractivity contribution in [1.82, 2.24) is 25.3 Å². The summed E-state index contributed by atoms with van der Waals surface area (Å²) in [7, 11) is 0. The monoisotopic (exact) mass is 329 g/mol. The molecule has 1 saturated heterocycles. The number of carbonyl (C=O) groups is 1. The maximum absolute atomic E-state index is 12.5. The van der Waals surface area contributed by atoms with Gasteiger partial charge in [0.1, 0.15) is 12.5 Å². The molecule has 0 aliphatic carbocycles. The van der Waals surface area contributed by atoms with E-state index in [1.807, 2.05) is 0 Å². The van der Waals surface area contributed by atoms with Crippen LogP contribution in [0.25, 0.3) is 0 Å². The third-order valence-corrected chi connectivity index (χ3v) is 3.63. The van der Waals surface area contributed by atoms with E-state index >= 15 is 0 Å². The van der Waals surface area contributed by atoms with Gasteiger partial charge in [0, 0.05) is 12.7 Å². The average Bonchev–Trinajstić information content (AvgIpc) is 3.16. The van der Waals surface area contributed by atoms with Crippen LogP contribution in [0.2, 0.25) is 0 Å². The number of aromatic amines is 1. The summed E-state index contributed by atoms with van der Waals surface area (Å²) in [6, 6.07) is -0.513. The first-order valence-electron chi connectivity index (χ1n) is 7.13. The van der Waals surface area contributed by atoms with Gasteiger partial charge in [-0.1, -0.05) is 0 Å². The number of likely N-dealkylation sites (tertiary alicyclic amines) is 1. The Morgan fingerprint density at radius 1 is 1.39 bits per heavy atom. The van der Waals surface area contributed by atoms with Crippen LogP contribution < -0.4 is 0 Å². The summed E-state index contributed by atoms with van der Waals surface area (Å²) in [5.41, 5.74) is 0.381. The Labute approximate surface area is 128 Å². The van der Waals surface area contributed by atoms with Crippen molar-refractivity contribution in [3.63, 3.8) is 0 Å². The van der Waals surface area contributed by atoms with Crippen LogP contribution in [0, 0.1) is 0 Å². The van der Waals surface area contributed by atoms with Crippen molar-refractivity contribution in [2.45, 2.75) is 37.9 Å². The molecule has 23 heavy (non-hydrogen) atoms. The fourth-order valence-electron chi connectivity index (χ4n) is 2.61. The van der Waals surface area contributed by atoms with Crippen molar-refractivity contribution < 1.29 is 22.4 Å². The highest BCUT2D eigenvalue weighted by molar-refractivity contribution is 5.94. The van der Waals surface area contributed by atoms with E-state index in [2.05, 4.69) is 20.4 Å². The number of piperidine rings is 1. The van der Waals surface area contributed by atoms with Gasteiger partial charge in [0.05, 0.1) is 11.8 Å². The number of hydrogen-bond donors (Lipinski definition) is 1. The molecule has 0 bridgehead atoms. The molecule has 2 aromatic heterocycles. The molecule has 0 aromatic carbocycles. The van der Waals surface area contributed by atoms with Crippen LogP contribution in [-0.4, -0.2) is 43.9 Å². The Hall–Kier alpha value is -2.39. The zero-order chi connectivity index (χ0) is 16.4. The van der Waals surface area contributed by atoms with Crippen molar-refractivity contribution >= 4 is 5.91 Å². The third kappa shape index (κ3) is 3.51. The topological polar surface area (TPSA) is 87.9 Å². The molecule has 3 rings (SSSR count). The normalized spacial score (nSPS) is 19.1. The summed E-state index contributed by atoms with van der Waals surface area (Å²) >= 11 is 0. The molecule has 0 radical (unpaired) electrons. The highest BCUT2D eigenvalue weighted by Crippen LogP contribution is 2.32. The van der Waals surface area contributed by atoms with Crippen LogP contribution in [-0.2, 0) is 6.42 Å². The van der Waals surface area contributed by atoms with Crippen LogP contribution in [0.4, 0.5) is 13.2 Å². The van der Waals surface area contributed by atoms with E-state index in [4.69, 9.17) is 4.42 Å². The fraction of sp³-hybridized carbons (Fsp3) is 0.538. The van der Waals surface area contributed by atoms with Gasteiger partial charge in [0.2, 0.25) is 11.8 Å². The SMILES string of the molecule is O=C(c1cn[nH]c1)N1CCCCC1c1nnc(CC(F)(F)F)o1. The fourth-order valence-corrected chi connectivity index (χ4v) is 2.61. The first-order chi connectivity index (χ1) is 10.9. The number of aromatic nitrogens is 4. The number of hydrogen-bond acceptors (Lipinski definition) is 5. The summed E-state index contributed by atoms with van der Waals surface area (Å²) in [5, 5.41) is 13.4. The van der Waals surface area contributed by atoms with Gasteiger partial charge in [0.15, 0.2) is 0 Å². The molecule has 1 aliphatic heterocycles. The van der Waals surface area contributed by atoms with E-state index in [1.165, 1.54) is 12.4 Å². The van der Waals surface area contributed by atoms with Crippen molar-refractivity contribution in [2.24, 2.45) is 0 Å². The zero-order valence-corrected chi connectivity index (χ0v) is 12.0. The molecule has 1 fully saturated rings. The third-order valence-electron chi connectivity index (χ3n) is 3.63. The summed E-state index contributed by atoms with van der Waals surface area (Å²) < 4.78 is 42.3. The second-order valence-corrected chi connectivity index (χ2v) is 5.32. The van der Waals surface area contributed by atoms with Crippen molar-refractivity contribution in [1.29, 1.82) is 0 Å². The van der Waals surface area contributed by atoms with Gasteiger partial charge in [-0.3, -0.25) is 9.89 Å². The summed E-state index contributed by atoms with van der Waals surface area (Å²) in [6.45, 7) is 0.478. The molecular weight excluding hydrogens is 315 g/mol. The van der Waals surface area contributed by atoms with E-state index in [9.17, 15) is 18.0 Å². The van der Waals surface area contributed by atoms with Gasteiger partial charge in [0.25, 0.3) is 5.91 Å². The van der Waals surface area contributed by atoms with Crippen LogP contribution in [0.5, 0.6) is 0 Å². The number of carbonyl (C=O) groups excluding carboxylic acids is 1. The van der Waals surface area contributed by atoms with Gasteiger partial charge in [-0.15, -0.1) is 10.2 Å². The van der Waals surface area contributed by atoms with Crippen LogP contribution >= 0.6 is 0 Å². The lowest BCUT2D eigenvalue weighted by Gasteiger charge is -2.33. The second kappa shape index (κ2) is 6.01. The number of H-pyrrole nitrogens is 1. The second-order valence-electron chi connectivity index (χ2n) is 5.32. The van der Waals surface area contributed by atoms with Crippen LogP contribution in [0.1, 0.15) is 47.4 Å². The summed E-state index contributed by atoms with van der Waals surface area (Å²) in [5.74, 6) is -0.714. The summed E-state index contributed by atoms with van der Waals surface area (Å²) in [6.07, 6.45) is -0.615. The lowest BCUT2D eigenvalue weighted by atomic mass is 10.0. The first kappa shape index (κ1) is 15.5. The maximum atomic E-state index is 12.5. The average molecular weight is 329 g/mol. The Morgan fingerprint density at radius 3 is 2.91 bits per heavy atom. The van der Waals surface area contributed by atoms with E-state index in [1.54, 1.807) is 4.90 Å². The minimum absolute atomic E-state index is 0.0424. The van der Waals surface area contributed by atoms with E-state index in [-0.39, 0.29) is 11.8 Å². The van der Waals surface area contributed by atoms with Crippen molar-refractivity contribution in [2.75, 3.05) is 6.54 Å². The molecule has 3 heterocycles. The van der Waals surface area contributed by atoms with Crippen LogP contribution in [0.3, 0.4) is 0 Å². The molecule has 1 atom stereocenters. The smallest absolute Gasteiger partial charge is 0.397 e. The van der Waals surface area contributed by atoms with E-state index in [0.717, 1.165) is 12.8 Å². The molecule has 0 spiro atoms. The molecule has 1 unspecified atom stereocenters. The number of nitrogens with zero attached hydrogens (tertiary/aromatic N) is 4. The lowest BCUT2D eigenvalue weighted by molar-refractivity contribution is -0.131. The molecule has 7 nitrogen and oxygen atoms in total. The number of halogens is 3. The van der Waals surface area contributed by atoms with Crippen LogP contribution in [0.15, 0.2) is 16.8 Å². The predicted molar refractivity (Wildman–Crippen MR) is 70.3 cm³/mol. The Kier molecular flexibility index (Phi) is 4.05. The standard InChI is InChI=1S/C13H14F3N5O2/c14-13(15,16)5-10-19-20-11(23-10)9-3-1-2-4-21(9)12(22)8-6-17-18-7-8/h6-7,9H,1-5H2,(H,17,18). The summed E-state index contributed by atoms with van der Waals surface area (Å²) in [4.78, 5) is 14.0. The zero-order valence-electron chi connectivity index (χ0n) is 12.0. The van der Waals surface area contributed by atoms with Gasteiger partial charge >= 0.3 is 6.18 Å². The Morgan fingerprint density at radius 2 is 2.22 bits per heavy atom. The van der Waals surface area contributed by atoms with Gasteiger partial charge in [-0.25, -0.2) is 0 Å². The van der Waals surface area contributed by atoms with Gasteiger partial charge < -0.3 is 9.32 Å². The molecule has 1 amide bonds. The molecular formula is C13H14F3N5O2. The van der Waals surface area contributed by atoms with Gasteiger partial charge in [-0.05, 0) is 19.3 Å². The number of amides is 1. The minimum atomic E-state index is -4.41. The van der Waals surface area contributed by atoms with E-state index < -0.39 is 24.5 Å². The number of nitrogens with one attached hydrogen (secondary N) is 1. The van der Waals surface area contributed by atoms with E-state index in [0.29, 0.717) is 18.5 Å². The first-order valence-corrected chi connectivity index (χ1v) is 7.13. The minimum Gasteiger partial charge on any atom is -0.423 e. The molecule has 0 saturated carbocycles. The highest BCUT2D eigenvalue weighted by atomic mass is 19.4. The quantitative estimate of drug-likeness (QED) is 0.933. The van der Waals surface area contributed by atoms with Crippen molar-refractivity contribution in [3.8, 4) is 0 Å². The largest absolute Gasteiger partial charge is 0.423 e. The van der Waals surface area contributed by atoms with Crippen molar-refractivity contribution in [3.05, 3.63) is 29.7 Å². The van der Waals surface area contributed by atoms with Gasteiger partial charge in [-0.2, -0.15) is 18.3 Å². The predicted octanol–water partition coefficient (Wildman–Crippen LogP) is 2.26. The maximum Gasteiger partial charge on any atom is 0.397 e. The number of alkyl halides is 3. The Bertz CT molecular complexity index is 667. The highest BCUT2D eigenvalue weighted by Gasteiger charge is 2.35. The number of rotatable bonds is 3. The molecule has 10 heteroatoms. The Balaban J connectivity index is 1.80. The molecule has 1 N–H and O–H groups in total. The molecule has 2 aromatic rings. The molecule has 124 valence electrons.